The SMILES string of the molecule is c1ccc2c(c1)[nH]c1cc3c(cc12)c1c2cc4c(cc2n2c5c(n3c12)CCCCCC5)[nH]c1ccccc14. The molecule has 1 aliphatic carbocycles. The number of hydrogen-bond donors (Lipinski definition) is 2. The van der Waals surface area contributed by atoms with Crippen LogP contribution in [0.1, 0.15) is 37.1 Å². The van der Waals surface area contributed by atoms with Gasteiger partial charge in [-0.2, -0.15) is 0 Å². The Morgan fingerprint density at radius 1 is 0.474 bits per heavy atom. The van der Waals surface area contributed by atoms with Crippen molar-refractivity contribution in [2.75, 3.05) is 0 Å². The minimum absolute atomic E-state index is 1.15. The second kappa shape index (κ2) is 6.70. The second-order valence-electron chi connectivity index (χ2n) is 11.3. The van der Waals surface area contributed by atoms with Crippen LogP contribution in [-0.4, -0.2) is 18.8 Å². The van der Waals surface area contributed by atoms with E-state index in [0.717, 1.165) is 12.8 Å². The monoisotopic (exact) mass is 490 g/mol. The Kier molecular flexibility index (Phi) is 3.46. The van der Waals surface area contributed by atoms with Crippen molar-refractivity contribution in [1.82, 2.24) is 18.8 Å². The van der Waals surface area contributed by atoms with Crippen molar-refractivity contribution in [1.29, 1.82) is 0 Å². The molecule has 0 saturated carbocycles. The van der Waals surface area contributed by atoms with Crippen LogP contribution in [0, 0.1) is 0 Å². The fourth-order valence-electron chi connectivity index (χ4n) is 7.74. The number of benzene rings is 4. The summed E-state index contributed by atoms with van der Waals surface area (Å²) in [4.78, 5) is 7.41. The topological polar surface area (TPSA) is 40.4 Å². The van der Waals surface area contributed by atoms with Crippen molar-refractivity contribution < 1.29 is 0 Å². The van der Waals surface area contributed by atoms with Crippen LogP contribution < -0.4 is 0 Å². The van der Waals surface area contributed by atoms with Gasteiger partial charge in [0.25, 0.3) is 0 Å². The number of nitrogens with zero attached hydrogens (tertiary/aromatic N) is 2. The molecule has 5 aromatic heterocycles. The van der Waals surface area contributed by atoms with Crippen molar-refractivity contribution in [3.8, 4) is 0 Å². The van der Waals surface area contributed by atoms with Gasteiger partial charge in [0.1, 0.15) is 5.65 Å². The molecule has 4 nitrogen and oxygen atoms in total. The summed E-state index contributed by atoms with van der Waals surface area (Å²) >= 11 is 0. The fraction of sp³-hybridized carbons (Fsp3) is 0.176. The van der Waals surface area contributed by atoms with Gasteiger partial charge in [-0.1, -0.05) is 49.2 Å². The Morgan fingerprint density at radius 2 is 0.974 bits per heavy atom. The molecule has 0 radical (unpaired) electrons. The molecule has 1 aliphatic rings. The van der Waals surface area contributed by atoms with Crippen molar-refractivity contribution in [2.45, 2.75) is 38.5 Å². The third-order valence-electron chi connectivity index (χ3n) is 9.36. The van der Waals surface area contributed by atoms with Gasteiger partial charge in [-0.15, -0.1) is 0 Å². The maximum atomic E-state index is 3.71. The first-order chi connectivity index (χ1) is 18.8. The first kappa shape index (κ1) is 19.6. The summed E-state index contributed by atoms with van der Waals surface area (Å²) in [6, 6.07) is 27.2. The number of H-pyrrole nitrogens is 2. The van der Waals surface area contributed by atoms with Crippen molar-refractivity contribution in [2.24, 2.45) is 0 Å². The highest BCUT2D eigenvalue weighted by molar-refractivity contribution is 6.27. The van der Waals surface area contributed by atoms with Gasteiger partial charge in [-0.05, 0) is 62.1 Å². The highest BCUT2D eigenvalue weighted by Gasteiger charge is 2.27. The Balaban J connectivity index is 1.47. The van der Waals surface area contributed by atoms with Crippen LogP contribution in [0.25, 0.3) is 76.5 Å². The lowest BCUT2D eigenvalue weighted by Gasteiger charge is -2.11. The summed E-state index contributed by atoms with van der Waals surface area (Å²) in [6.07, 6.45) is 7.49. The third kappa shape index (κ3) is 2.25. The average Bonchev–Trinajstić information content (AvgIpc) is 3.69. The first-order valence-corrected chi connectivity index (χ1v) is 14.0. The average molecular weight is 491 g/mol. The number of aromatic amines is 2. The van der Waals surface area contributed by atoms with Gasteiger partial charge in [0.2, 0.25) is 0 Å². The normalized spacial score (nSPS) is 15.3. The molecule has 4 heteroatoms. The summed E-state index contributed by atoms with van der Waals surface area (Å²) in [5.41, 5.74) is 12.0. The highest BCUT2D eigenvalue weighted by atomic mass is 15.1. The lowest BCUT2D eigenvalue weighted by atomic mass is 10.0. The fourth-order valence-corrected chi connectivity index (χ4v) is 7.74. The zero-order chi connectivity index (χ0) is 24.5. The van der Waals surface area contributed by atoms with Crippen LogP contribution in [0.3, 0.4) is 0 Å². The molecule has 0 unspecified atom stereocenters. The number of fused-ring (bicyclic) bond motifs is 15. The Hall–Kier alpha value is -4.44. The van der Waals surface area contributed by atoms with Crippen molar-refractivity contribution in [3.63, 3.8) is 0 Å². The van der Waals surface area contributed by atoms with E-state index < -0.39 is 0 Å². The zero-order valence-electron chi connectivity index (χ0n) is 21.1. The van der Waals surface area contributed by atoms with Gasteiger partial charge in [0.05, 0.1) is 11.0 Å². The predicted molar refractivity (Wildman–Crippen MR) is 159 cm³/mol. The Morgan fingerprint density at radius 3 is 1.50 bits per heavy atom. The molecule has 0 fully saturated rings. The number of imidazole rings is 1. The number of nitrogens with one attached hydrogen (secondary N) is 2. The number of aryl methyl sites for hydroxylation is 2. The second-order valence-corrected chi connectivity index (χ2v) is 11.3. The summed E-state index contributed by atoms with van der Waals surface area (Å²) in [5.74, 6) is 0. The van der Waals surface area contributed by atoms with Gasteiger partial charge in [0.15, 0.2) is 0 Å². The molecule has 0 amide bonds. The molecule has 2 N–H and O–H groups in total. The van der Waals surface area contributed by atoms with E-state index >= 15 is 0 Å². The predicted octanol–water partition coefficient (Wildman–Crippen LogP) is 8.86. The molecule has 9 aromatic rings. The summed E-state index contributed by atoms with van der Waals surface area (Å²) in [5, 5.41) is 9.37. The van der Waals surface area contributed by atoms with Crippen molar-refractivity contribution >= 4 is 76.5 Å². The number of rotatable bonds is 0. The lowest BCUT2D eigenvalue weighted by molar-refractivity contribution is 0.603. The van der Waals surface area contributed by atoms with E-state index in [0.29, 0.717) is 0 Å². The lowest BCUT2D eigenvalue weighted by Crippen LogP contribution is -2.02. The summed E-state index contributed by atoms with van der Waals surface area (Å²) in [7, 11) is 0. The standard InChI is InChI=1S/C34H26N4/c1-2-4-14-30-29(13-3-1)37-31-17-27-21(19-9-5-7-11-25(19)35-27)15-23(31)33-24-16-22-20-10-6-8-12-26(20)36-28(22)18-32(24)38(30)34(33)37/h5-12,15-18,35-36H,1-4,13-14H2. The van der Waals surface area contributed by atoms with E-state index in [9.17, 15) is 0 Å². The molecule has 5 heterocycles. The molecule has 10 rings (SSSR count). The molecular formula is C34H26N4. The summed E-state index contributed by atoms with van der Waals surface area (Å²) < 4.78 is 5.26. The number of hydrogen-bond acceptors (Lipinski definition) is 0. The van der Waals surface area contributed by atoms with Crippen LogP contribution in [-0.2, 0) is 12.8 Å². The summed E-state index contributed by atoms with van der Waals surface area (Å²) in [6.45, 7) is 0. The maximum absolute atomic E-state index is 3.71. The molecular weight excluding hydrogens is 464 g/mol. The molecule has 4 aromatic carbocycles. The number of para-hydroxylation sites is 2. The van der Waals surface area contributed by atoms with E-state index in [-0.39, 0.29) is 0 Å². The molecule has 0 saturated heterocycles. The maximum Gasteiger partial charge on any atom is 0.131 e. The number of aromatic nitrogens is 4. The third-order valence-corrected chi connectivity index (χ3v) is 9.36. The first-order valence-electron chi connectivity index (χ1n) is 14.0. The Labute approximate surface area is 217 Å². The van der Waals surface area contributed by atoms with E-state index in [2.05, 4.69) is 91.6 Å². The Bertz CT molecular complexity index is 2240. The van der Waals surface area contributed by atoms with E-state index in [1.165, 1.54) is 114 Å². The minimum Gasteiger partial charge on any atom is -0.354 e. The smallest absolute Gasteiger partial charge is 0.131 e. The van der Waals surface area contributed by atoms with E-state index in [4.69, 9.17) is 0 Å². The molecule has 0 bridgehead atoms. The van der Waals surface area contributed by atoms with Gasteiger partial charge in [-0.3, -0.25) is 8.80 Å². The van der Waals surface area contributed by atoms with Crippen LogP contribution in [0.4, 0.5) is 0 Å². The molecule has 0 spiro atoms. The van der Waals surface area contributed by atoms with E-state index in [1.54, 1.807) is 0 Å². The van der Waals surface area contributed by atoms with E-state index in [1.807, 2.05) is 0 Å². The van der Waals surface area contributed by atoms with Crippen LogP contribution in [0.5, 0.6) is 0 Å². The molecule has 0 aliphatic heterocycles. The highest BCUT2D eigenvalue weighted by Crippen LogP contribution is 2.44. The molecule has 182 valence electrons. The quantitative estimate of drug-likeness (QED) is 0.213. The van der Waals surface area contributed by atoms with Gasteiger partial charge < -0.3 is 9.97 Å². The zero-order valence-corrected chi connectivity index (χ0v) is 21.1. The largest absolute Gasteiger partial charge is 0.354 e. The van der Waals surface area contributed by atoms with Crippen LogP contribution in [0.15, 0.2) is 72.8 Å². The van der Waals surface area contributed by atoms with Crippen LogP contribution >= 0.6 is 0 Å². The van der Waals surface area contributed by atoms with Gasteiger partial charge in [-0.25, -0.2) is 0 Å². The van der Waals surface area contributed by atoms with Gasteiger partial charge >= 0.3 is 0 Å². The van der Waals surface area contributed by atoms with Gasteiger partial charge in [0, 0.05) is 71.2 Å². The van der Waals surface area contributed by atoms with Crippen LogP contribution in [0.2, 0.25) is 0 Å². The molecule has 38 heavy (non-hydrogen) atoms. The van der Waals surface area contributed by atoms with Crippen molar-refractivity contribution in [3.05, 3.63) is 84.2 Å². The molecule has 0 atom stereocenters. The minimum atomic E-state index is 1.15.